The number of ketones is 2. The second-order valence-electron chi connectivity index (χ2n) is 8.17. The molecular formula is C24H23FN2O2S. The highest BCUT2D eigenvalue weighted by atomic mass is 32.1. The van der Waals surface area contributed by atoms with Gasteiger partial charge in [-0.1, -0.05) is 41.2 Å². The van der Waals surface area contributed by atoms with Crippen LogP contribution in [-0.2, 0) is 16.0 Å². The van der Waals surface area contributed by atoms with E-state index in [1.807, 2.05) is 32.9 Å². The average Bonchev–Trinajstić information content (AvgIpc) is 3.11. The molecule has 3 aromatic rings. The molecule has 4 nitrogen and oxygen atoms in total. The second kappa shape index (κ2) is 8.19. The molecule has 0 unspecified atom stereocenters. The Morgan fingerprint density at radius 2 is 1.67 bits per heavy atom. The third-order valence-electron chi connectivity index (χ3n) is 5.65. The van der Waals surface area contributed by atoms with Crippen LogP contribution in [0, 0.1) is 32.5 Å². The van der Waals surface area contributed by atoms with Crippen molar-refractivity contribution < 1.29 is 14.0 Å². The molecule has 1 aromatic heterocycles. The zero-order chi connectivity index (χ0) is 21.4. The Balaban J connectivity index is 1.50. The van der Waals surface area contributed by atoms with Crippen LogP contribution in [-0.4, -0.2) is 21.8 Å². The fourth-order valence-corrected chi connectivity index (χ4v) is 5.44. The van der Waals surface area contributed by atoms with Crippen molar-refractivity contribution in [1.29, 1.82) is 0 Å². The maximum absolute atomic E-state index is 13.5. The lowest BCUT2D eigenvalue weighted by atomic mass is 9.73. The molecule has 2 aromatic carbocycles. The molecule has 6 heteroatoms. The molecule has 0 spiro atoms. The zero-order valence-corrected chi connectivity index (χ0v) is 18.1. The van der Waals surface area contributed by atoms with Gasteiger partial charge in [0.15, 0.2) is 0 Å². The van der Waals surface area contributed by atoms with E-state index in [-0.39, 0.29) is 23.3 Å². The summed E-state index contributed by atoms with van der Waals surface area (Å²) in [6.07, 6.45) is 1.25. The summed E-state index contributed by atoms with van der Waals surface area (Å²) in [7, 11) is 0. The van der Waals surface area contributed by atoms with Crippen LogP contribution in [0.25, 0.3) is 10.6 Å². The smallest absolute Gasteiger partial charge is 0.148 e. The standard InChI is InChI=1S/C24H23FN2O2S/c1-13-7-14(2)22(15(3)8-13)23-19(28)9-16(10-20(23)29)11-21-26-27-24(30-21)17-5-4-6-18(25)12-17/h4-8,12,16,23H,9-11H2,1-3H3. The maximum Gasteiger partial charge on any atom is 0.148 e. The number of hydrogen-bond acceptors (Lipinski definition) is 5. The van der Waals surface area contributed by atoms with Crippen LogP contribution in [0.4, 0.5) is 4.39 Å². The molecule has 1 fully saturated rings. The van der Waals surface area contributed by atoms with E-state index in [0.717, 1.165) is 27.3 Å². The van der Waals surface area contributed by atoms with Gasteiger partial charge >= 0.3 is 0 Å². The van der Waals surface area contributed by atoms with Crippen molar-refractivity contribution in [1.82, 2.24) is 10.2 Å². The lowest BCUT2D eigenvalue weighted by Crippen LogP contribution is -2.33. The number of Topliss-reactive ketones (excluding diaryl/α,β-unsaturated/α-hetero) is 2. The fourth-order valence-electron chi connectivity index (χ4n) is 4.49. The van der Waals surface area contributed by atoms with Gasteiger partial charge in [-0.05, 0) is 55.5 Å². The number of aryl methyl sites for hydroxylation is 3. The quantitative estimate of drug-likeness (QED) is 0.546. The monoisotopic (exact) mass is 422 g/mol. The Hall–Kier alpha value is -2.73. The minimum Gasteiger partial charge on any atom is -0.299 e. The second-order valence-corrected chi connectivity index (χ2v) is 9.23. The molecule has 0 amide bonds. The van der Waals surface area contributed by atoms with Crippen molar-refractivity contribution in [2.75, 3.05) is 0 Å². The van der Waals surface area contributed by atoms with E-state index in [1.165, 1.54) is 23.5 Å². The Labute approximate surface area is 179 Å². The Morgan fingerprint density at radius 1 is 1.00 bits per heavy atom. The summed E-state index contributed by atoms with van der Waals surface area (Å²) in [6.45, 7) is 5.96. The Kier molecular flexibility index (Phi) is 5.60. The highest BCUT2D eigenvalue weighted by Crippen LogP contribution is 2.36. The van der Waals surface area contributed by atoms with E-state index in [4.69, 9.17) is 0 Å². The predicted molar refractivity (Wildman–Crippen MR) is 115 cm³/mol. The van der Waals surface area contributed by atoms with Crippen LogP contribution in [0.3, 0.4) is 0 Å². The first-order valence-corrected chi connectivity index (χ1v) is 10.8. The van der Waals surface area contributed by atoms with Crippen LogP contribution < -0.4 is 0 Å². The first-order chi connectivity index (χ1) is 14.3. The molecule has 0 aliphatic heterocycles. The molecule has 1 heterocycles. The SMILES string of the molecule is Cc1cc(C)c(C2C(=O)CC(Cc3nnc(-c4cccc(F)c4)s3)CC2=O)c(C)c1. The van der Waals surface area contributed by atoms with Crippen molar-refractivity contribution in [3.8, 4) is 10.6 Å². The van der Waals surface area contributed by atoms with Crippen molar-refractivity contribution in [3.05, 3.63) is 69.5 Å². The van der Waals surface area contributed by atoms with Crippen molar-refractivity contribution in [2.45, 2.75) is 46.0 Å². The number of nitrogens with zero attached hydrogens (tertiary/aromatic N) is 2. The van der Waals surface area contributed by atoms with Crippen LogP contribution >= 0.6 is 11.3 Å². The van der Waals surface area contributed by atoms with Gasteiger partial charge in [0.1, 0.15) is 33.3 Å². The van der Waals surface area contributed by atoms with Gasteiger partial charge in [-0.3, -0.25) is 9.59 Å². The van der Waals surface area contributed by atoms with Crippen LogP contribution in [0.5, 0.6) is 0 Å². The van der Waals surface area contributed by atoms with Crippen LogP contribution in [0.2, 0.25) is 0 Å². The number of carbonyl (C=O) groups excluding carboxylic acids is 2. The maximum atomic E-state index is 13.5. The third-order valence-corrected chi connectivity index (χ3v) is 6.65. The summed E-state index contributed by atoms with van der Waals surface area (Å²) in [6, 6.07) is 10.3. The fraction of sp³-hybridized carbons (Fsp3) is 0.333. The molecule has 0 radical (unpaired) electrons. The molecule has 154 valence electrons. The summed E-state index contributed by atoms with van der Waals surface area (Å²) >= 11 is 1.38. The lowest BCUT2D eigenvalue weighted by molar-refractivity contribution is -0.133. The molecular weight excluding hydrogens is 399 g/mol. The normalized spacial score (nSPS) is 19.3. The predicted octanol–water partition coefficient (Wildman–Crippen LogP) is 5.14. The first kappa shape index (κ1) is 20.5. The molecule has 30 heavy (non-hydrogen) atoms. The summed E-state index contributed by atoms with van der Waals surface area (Å²) in [5, 5.41) is 9.77. The van der Waals surface area contributed by atoms with Crippen molar-refractivity contribution >= 4 is 22.9 Å². The van der Waals surface area contributed by atoms with Gasteiger partial charge < -0.3 is 0 Å². The van der Waals surface area contributed by atoms with E-state index in [0.29, 0.717) is 29.8 Å². The number of hydrogen-bond donors (Lipinski definition) is 0. The van der Waals surface area contributed by atoms with Crippen molar-refractivity contribution in [2.24, 2.45) is 5.92 Å². The largest absolute Gasteiger partial charge is 0.299 e. The van der Waals surface area contributed by atoms with Gasteiger partial charge in [0.05, 0.1) is 0 Å². The Morgan fingerprint density at radius 3 is 2.30 bits per heavy atom. The van der Waals surface area contributed by atoms with E-state index in [1.54, 1.807) is 12.1 Å². The lowest BCUT2D eigenvalue weighted by Gasteiger charge is -2.28. The average molecular weight is 423 g/mol. The van der Waals surface area contributed by atoms with E-state index in [9.17, 15) is 14.0 Å². The number of aromatic nitrogens is 2. The van der Waals surface area contributed by atoms with Crippen LogP contribution in [0.1, 0.15) is 46.0 Å². The molecule has 1 aliphatic rings. The highest BCUT2D eigenvalue weighted by Gasteiger charge is 2.38. The topological polar surface area (TPSA) is 59.9 Å². The Bertz CT molecular complexity index is 1100. The summed E-state index contributed by atoms with van der Waals surface area (Å²) in [5.41, 5.74) is 4.69. The molecule has 1 aliphatic carbocycles. The van der Waals surface area contributed by atoms with Gasteiger partial charge in [-0.15, -0.1) is 10.2 Å². The summed E-state index contributed by atoms with van der Waals surface area (Å²) in [4.78, 5) is 25.9. The summed E-state index contributed by atoms with van der Waals surface area (Å²) < 4.78 is 13.5. The van der Waals surface area contributed by atoms with Gasteiger partial charge in [0.2, 0.25) is 0 Å². The van der Waals surface area contributed by atoms with Crippen LogP contribution in [0.15, 0.2) is 36.4 Å². The zero-order valence-electron chi connectivity index (χ0n) is 17.2. The van der Waals surface area contributed by atoms with Gasteiger partial charge in [-0.25, -0.2) is 4.39 Å². The minimum absolute atomic E-state index is 0.0128. The molecule has 0 N–H and O–H groups in total. The van der Waals surface area contributed by atoms with E-state index >= 15 is 0 Å². The van der Waals surface area contributed by atoms with E-state index < -0.39 is 5.92 Å². The molecule has 4 rings (SSSR count). The van der Waals surface area contributed by atoms with E-state index in [2.05, 4.69) is 10.2 Å². The van der Waals surface area contributed by atoms with Gasteiger partial charge in [0, 0.05) is 24.8 Å². The number of carbonyl (C=O) groups is 2. The van der Waals surface area contributed by atoms with Gasteiger partial charge in [0.25, 0.3) is 0 Å². The van der Waals surface area contributed by atoms with Gasteiger partial charge in [-0.2, -0.15) is 0 Å². The summed E-state index contributed by atoms with van der Waals surface area (Å²) in [5.74, 6) is -1.07. The highest BCUT2D eigenvalue weighted by molar-refractivity contribution is 7.14. The minimum atomic E-state index is -0.654. The molecule has 0 bridgehead atoms. The molecule has 0 atom stereocenters. The number of benzene rings is 2. The third kappa shape index (κ3) is 4.10. The van der Waals surface area contributed by atoms with Crippen molar-refractivity contribution in [3.63, 3.8) is 0 Å². The first-order valence-electron chi connectivity index (χ1n) is 10.0. The number of halogens is 1. The molecule has 1 saturated carbocycles. The molecule has 0 saturated heterocycles. The number of rotatable bonds is 4.